The minimum atomic E-state index is -2.91. The third-order valence-electron chi connectivity index (χ3n) is 2.90. The molecule has 1 N–H and O–H groups in total. The lowest BCUT2D eigenvalue weighted by Gasteiger charge is -2.12. The van der Waals surface area contributed by atoms with E-state index in [1.54, 1.807) is 0 Å². The summed E-state index contributed by atoms with van der Waals surface area (Å²) in [5.74, 6) is -1.96. The molecule has 2 aromatic rings. The summed E-state index contributed by atoms with van der Waals surface area (Å²) in [4.78, 5) is 0. The molecule has 2 aromatic carbocycles. The average molecular weight is 300 g/mol. The SMILES string of the molecule is OC(Cc1ccc(F)c(F)c1)c1ccc(OC(F)F)cc1. The predicted molar refractivity (Wildman–Crippen MR) is 68.1 cm³/mol. The predicted octanol–water partition coefficient (Wildman–Crippen LogP) is 3.84. The zero-order chi connectivity index (χ0) is 15.4. The van der Waals surface area contributed by atoms with Crippen LogP contribution in [0.5, 0.6) is 5.75 Å². The largest absolute Gasteiger partial charge is 0.435 e. The first-order chi connectivity index (χ1) is 9.95. The first-order valence-electron chi connectivity index (χ1n) is 6.12. The Morgan fingerprint density at radius 3 is 2.19 bits per heavy atom. The Hall–Kier alpha value is -2.08. The van der Waals surface area contributed by atoms with Crippen molar-refractivity contribution in [1.82, 2.24) is 0 Å². The fourth-order valence-electron chi connectivity index (χ4n) is 1.88. The number of rotatable bonds is 5. The number of benzene rings is 2. The standard InChI is InChI=1S/C15H12F4O2/c16-12-6-1-9(7-13(12)17)8-14(20)10-2-4-11(5-3-10)21-15(18)19/h1-7,14-15,20H,8H2. The molecule has 0 amide bonds. The van der Waals surface area contributed by atoms with E-state index in [0.29, 0.717) is 11.1 Å². The van der Waals surface area contributed by atoms with Gasteiger partial charge in [-0.25, -0.2) is 8.78 Å². The van der Waals surface area contributed by atoms with Crippen molar-refractivity contribution in [1.29, 1.82) is 0 Å². The highest BCUT2D eigenvalue weighted by molar-refractivity contribution is 5.30. The lowest BCUT2D eigenvalue weighted by atomic mass is 10.0. The molecule has 0 radical (unpaired) electrons. The maximum atomic E-state index is 13.1. The van der Waals surface area contributed by atoms with Crippen LogP contribution >= 0.6 is 0 Å². The minimum absolute atomic E-state index is 0.0197. The zero-order valence-corrected chi connectivity index (χ0v) is 10.8. The van der Waals surface area contributed by atoms with Gasteiger partial charge in [0.1, 0.15) is 5.75 Å². The van der Waals surface area contributed by atoms with Crippen LogP contribution in [0.3, 0.4) is 0 Å². The molecule has 1 unspecified atom stereocenters. The van der Waals surface area contributed by atoms with Crippen LogP contribution in [0.1, 0.15) is 17.2 Å². The Kier molecular flexibility index (Phi) is 4.80. The second kappa shape index (κ2) is 6.58. The van der Waals surface area contributed by atoms with E-state index in [-0.39, 0.29) is 12.2 Å². The first kappa shape index (κ1) is 15.3. The van der Waals surface area contributed by atoms with Crippen molar-refractivity contribution in [3.63, 3.8) is 0 Å². The van der Waals surface area contributed by atoms with Gasteiger partial charge in [0.15, 0.2) is 11.6 Å². The van der Waals surface area contributed by atoms with Gasteiger partial charge in [-0.15, -0.1) is 0 Å². The van der Waals surface area contributed by atoms with Crippen molar-refractivity contribution in [3.8, 4) is 5.75 Å². The third-order valence-corrected chi connectivity index (χ3v) is 2.90. The quantitative estimate of drug-likeness (QED) is 0.850. The van der Waals surface area contributed by atoms with Crippen molar-refractivity contribution in [3.05, 3.63) is 65.2 Å². The lowest BCUT2D eigenvalue weighted by Crippen LogP contribution is -2.04. The molecule has 0 aliphatic carbocycles. The summed E-state index contributed by atoms with van der Waals surface area (Å²) in [6.07, 6.45) is -0.887. The molecule has 0 aromatic heterocycles. The summed E-state index contributed by atoms with van der Waals surface area (Å²) in [5, 5.41) is 10.0. The Morgan fingerprint density at radius 1 is 0.952 bits per heavy atom. The van der Waals surface area contributed by atoms with E-state index in [2.05, 4.69) is 4.74 Å². The summed E-state index contributed by atoms with van der Waals surface area (Å²) in [7, 11) is 0. The molecule has 0 spiro atoms. The van der Waals surface area contributed by atoms with E-state index in [9.17, 15) is 22.7 Å². The Balaban J connectivity index is 2.05. The topological polar surface area (TPSA) is 29.5 Å². The van der Waals surface area contributed by atoms with Gasteiger partial charge in [-0.05, 0) is 35.4 Å². The van der Waals surface area contributed by atoms with Gasteiger partial charge >= 0.3 is 6.61 Å². The molecule has 0 aliphatic heterocycles. The van der Waals surface area contributed by atoms with E-state index in [0.717, 1.165) is 12.1 Å². The van der Waals surface area contributed by atoms with E-state index in [1.807, 2.05) is 0 Å². The second-order valence-corrected chi connectivity index (χ2v) is 4.42. The number of alkyl halides is 2. The minimum Gasteiger partial charge on any atom is -0.435 e. The average Bonchev–Trinajstić information content (AvgIpc) is 2.43. The molecule has 2 nitrogen and oxygen atoms in total. The molecule has 0 saturated heterocycles. The van der Waals surface area contributed by atoms with Crippen LogP contribution in [-0.2, 0) is 6.42 Å². The van der Waals surface area contributed by atoms with Gasteiger partial charge in [-0.1, -0.05) is 18.2 Å². The fourth-order valence-corrected chi connectivity index (χ4v) is 1.88. The molecule has 6 heteroatoms. The van der Waals surface area contributed by atoms with Crippen LogP contribution in [-0.4, -0.2) is 11.7 Å². The number of hydrogen-bond donors (Lipinski definition) is 1. The maximum Gasteiger partial charge on any atom is 0.387 e. The van der Waals surface area contributed by atoms with Crippen molar-refractivity contribution in [2.75, 3.05) is 0 Å². The third kappa shape index (κ3) is 4.19. The van der Waals surface area contributed by atoms with Gasteiger partial charge in [-0.2, -0.15) is 8.78 Å². The molecular formula is C15H12F4O2. The number of hydrogen-bond acceptors (Lipinski definition) is 2. The van der Waals surface area contributed by atoms with Gasteiger partial charge in [0.05, 0.1) is 6.10 Å². The van der Waals surface area contributed by atoms with Crippen molar-refractivity contribution in [2.45, 2.75) is 19.1 Å². The summed E-state index contributed by atoms with van der Waals surface area (Å²) >= 11 is 0. The van der Waals surface area contributed by atoms with E-state index >= 15 is 0 Å². The molecule has 1 atom stereocenters. The highest BCUT2D eigenvalue weighted by Gasteiger charge is 2.11. The fraction of sp³-hybridized carbons (Fsp3) is 0.200. The van der Waals surface area contributed by atoms with E-state index in [4.69, 9.17) is 0 Å². The van der Waals surface area contributed by atoms with Crippen molar-refractivity contribution >= 4 is 0 Å². The number of ether oxygens (including phenoxy) is 1. The number of aliphatic hydroxyl groups excluding tert-OH is 1. The number of aliphatic hydroxyl groups is 1. The molecule has 0 aliphatic rings. The van der Waals surface area contributed by atoms with Crippen molar-refractivity contribution < 1.29 is 27.4 Å². The van der Waals surface area contributed by atoms with Crippen LogP contribution < -0.4 is 4.74 Å². The monoisotopic (exact) mass is 300 g/mol. The van der Waals surface area contributed by atoms with Crippen LogP contribution in [0.25, 0.3) is 0 Å². The normalized spacial score (nSPS) is 12.5. The number of halogens is 4. The molecule has 21 heavy (non-hydrogen) atoms. The van der Waals surface area contributed by atoms with Crippen LogP contribution in [0, 0.1) is 11.6 Å². The van der Waals surface area contributed by atoms with Gasteiger partial charge < -0.3 is 9.84 Å². The van der Waals surface area contributed by atoms with Crippen LogP contribution in [0.2, 0.25) is 0 Å². The highest BCUT2D eigenvalue weighted by Crippen LogP contribution is 2.22. The zero-order valence-electron chi connectivity index (χ0n) is 10.8. The maximum absolute atomic E-state index is 13.1. The Bertz CT molecular complexity index is 599. The molecular weight excluding hydrogens is 288 g/mol. The molecule has 0 heterocycles. The summed E-state index contributed by atoms with van der Waals surface area (Å²) in [6.45, 7) is -2.91. The Labute approximate surface area is 118 Å². The second-order valence-electron chi connectivity index (χ2n) is 4.42. The van der Waals surface area contributed by atoms with Crippen molar-refractivity contribution in [2.24, 2.45) is 0 Å². The summed E-state index contributed by atoms with van der Waals surface area (Å²) in [6, 6.07) is 8.83. The molecule has 0 saturated carbocycles. The highest BCUT2D eigenvalue weighted by atomic mass is 19.3. The van der Waals surface area contributed by atoms with Gasteiger partial charge in [0, 0.05) is 6.42 Å². The molecule has 112 valence electrons. The summed E-state index contributed by atoms with van der Waals surface area (Å²) in [5.41, 5.74) is 0.885. The van der Waals surface area contributed by atoms with Gasteiger partial charge in [-0.3, -0.25) is 0 Å². The molecule has 0 bridgehead atoms. The molecule has 0 fully saturated rings. The van der Waals surface area contributed by atoms with Crippen LogP contribution in [0.15, 0.2) is 42.5 Å². The van der Waals surface area contributed by atoms with Crippen LogP contribution in [0.4, 0.5) is 17.6 Å². The lowest BCUT2D eigenvalue weighted by molar-refractivity contribution is -0.0498. The molecule has 2 rings (SSSR count). The first-order valence-corrected chi connectivity index (χ1v) is 6.12. The van der Waals surface area contributed by atoms with E-state index in [1.165, 1.54) is 30.3 Å². The van der Waals surface area contributed by atoms with Gasteiger partial charge in [0.2, 0.25) is 0 Å². The van der Waals surface area contributed by atoms with Gasteiger partial charge in [0.25, 0.3) is 0 Å². The van der Waals surface area contributed by atoms with E-state index < -0.39 is 24.3 Å². The Morgan fingerprint density at radius 2 is 1.62 bits per heavy atom. The summed E-state index contributed by atoms with van der Waals surface area (Å²) < 4.78 is 54.0. The smallest absolute Gasteiger partial charge is 0.387 e.